The van der Waals surface area contributed by atoms with Crippen molar-refractivity contribution in [1.82, 2.24) is 4.90 Å². The maximum Gasteiger partial charge on any atom is 0.159 e. The molecule has 2 heterocycles. The Kier molecular flexibility index (Phi) is 4.19. The minimum atomic E-state index is -0.0297. The molecular formula is C12H24N2O2. The Hall–Kier alpha value is -0.160. The van der Waals surface area contributed by atoms with Gasteiger partial charge in [-0.2, -0.15) is 0 Å². The molecule has 3 atom stereocenters. The molecule has 0 spiro atoms. The Bertz CT molecular complexity index is 223. The molecule has 2 N–H and O–H groups in total. The maximum atomic E-state index is 5.73. The van der Waals surface area contributed by atoms with Gasteiger partial charge in [0.05, 0.1) is 12.7 Å². The molecule has 2 fully saturated rings. The van der Waals surface area contributed by atoms with E-state index in [0.717, 1.165) is 6.42 Å². The molecule has 0 aromatic carbocycles. The van der Waals surface area contributed by atoms with Crippen molar-refractivity contribution < 1.29 is 9.47 Å². The third-order valence-corrected chi connectivity index (χ3v) is 3.63. The summed E-state index contributed by atoms with van der Waals surface area (Å²) in [6.45, 7) is 6.97. The summed E-state index contributed by atoms with van der Waals surface area (Å²) in [6.07, 6.45) is 3.65. The Morgan fingerprint density at radius 3 is 2.88 bits per heavy atom. The molecule has 94 valence electrons. The van der Waals surface area contributed by atoms with E-state index in [9.17, 15) is 0 Å². The third kappa shape index (κ3) is 2.74. The fourth-order valence-electron chi connectivity index (χ4n) is 2.77. The molecule has 2 aliphatic rings. The minimum absolute atomic E-state index is 0.0297. The number of ether oxygens (including phenoxy) is 2. The van der Waals surface area contributed by atoms with Gasteiger partial charge in [0.2, 0.25) is 0 Å². The predicted molar refractivity (Wildman–Crippen MR) is 63.1 cm³/mol. The standard InChI is InChI=1S/C12H24N2O2/c1-9(2)14-5-3-4-10(14)6-12-15-8-11(7-13)16-12/h9-12H,3-8,13H2,1-2H3. The van der Waals surface area contributed by atoms with Gasteiger partial charge in [0.15, 0.2) is 6.29 Å². The number of hydrogen-bond acceptors (Lipinski definition) is 4. The summed E-state index contributed by atoms with van der Waals surface area (Å²) >= 11 is 0. The van der Waals surface area contributed by atoms with Crippen molar-refractivity contribution in [2.75, 3.05) is 19.7 Å². The lowest BCUT2D eigenvalue weighted by atomic mass is 10.1. The second-order valence-corrected chi connectivity index (χ2v) is 5.12. The van der Waals surface area contributed by atoms with E-state index in [2.05, 4.69) is 18.7 Å². The first-order valence-electron chi connectivity index (χ1n) is 6.43. The summed E-state index contributed by atoms with van der Waals surface area (Å²) in [5.74, 6) is 0. The van der Waals surface area contributed by atoms with Crippen molar-refractivity contribution in [3.8, 4) is 0 Å². The zero-order chi connectivity index (χ0) is 11.5. The molecule has 0 bridgehead atoms. The van der Waals surface area contributed by atoms with E-state index in [4.69, 9.17) is 15.2 Å². The van der Waals surface area contributed by atoms with Crippen molar-refractivity contribution in [3.63, 3.8) is 0 Å². The van der Waals surface area contributed by atoms with E-state index in [1.807, 2.05) is 0 Å². The molecule has 2 aliphatic heterocycles. The lowest BCUT2D eigenvalue weighted by molar-refractivity contribution is -0.0734. The quantitative estimate of drug-likeness (QED) is 0.778. The van der Waals surface area contributed by atoms with Gasteiger partial charge >= 0.3 is 0 Å². The van der Waals surface area contributed by atoms with E-state index >= 15 is 0 Å². The number of nitrogens with two attached hydrogens (primary N) is 1. The molecule has 0 aromatic heterocycles. The van der Waals surface area contributed by atoms with E-state index in [1.165, 1.54) is 19.4 Å². The highest BCUT2D eigenvalue weighted by Gasteiger charge is 2.33. The normalized spacial score (nSPS) is 36.4. The van der Waals surface area contributed by atoms with Crippen LogP contribution in [0, 0.1) is 0 Å². The lowest BCUT2D eigenvalue weighted by Crippen LogP contribution is -2.37. The predicted octanol–water partition coefficient (Wildman–Crippen LogP) is 0.950. The fourth-order valence-corrected chi connectivity index (χ4v) is 2.77. The van der Waals surface area contributed by atoms with Crippen molar-refractivity contribution in [1.29, 1.82) is 0 Å². The zero-order valence-corrected chi connectivity index (χ0v) is 10.4. The molecule has 4 nitrogen and oxygen atoms in total. The summed E-state index contributed by atoms with van der Waals surface area (Å²) < 4.78 is 11.3. The average molecular weight is 228 g/mol. The maximum absolute atomic E-state index is 5.73. The molecule has 4 heteroatoms. The van der Waals surface area contributed by atoms with Gasteiger partial charge in [0.25, 0.3) is 0 Å². The highest BCUT2D eigenvalue weighted by molar-refractivity contribution is 4.83. The van der Waals surface area contributed by atoms with E-state index < -0.39 is 0 Å². The molecule has 0 aliphatic carbocycles. The molecule has 2 rings (SSSR count). The molecule has 2 saturated heterocycles. The van der Waals surface area contributed by atoms with E-state index in [-0.39, 0.29) is 12.4 Å². The molecule has 0 amide bonds. The van der Waals surface area contributed by atoms with Gasteiger partial charge in [-0.05, 0) is 33.2 Å². The van der Waals surface area contributed by atoms with Gasteiger partial charge in [0, 0.05) is 25.0 Å². The second kappa shape index (κ2) is 5.45. The Balaban J connectivity index is 1.81. The first-order valence-corrected chi connectivity index (χ1v) is 6.43. The van der Waals surface area contributed by atoms with Crippen LogP contribution in [-0.4, -0.2) is 49.1 Å². The van der Waals surface area contributed by atoms with Gasteiger partial charge in [-0.3, -0.25) is 4.90 Å². The number of likely N-dealkylation sites (tertiary alicyclic amines) is 1. The highest BCUT2D eigenvalue weighted by atomic mass is 16.7. The van der Waals surface area contributed by atoms with Crippen LogP contribution in [0.2, 0.25) is 0 Å². The van der Waals surface area contributed by atoms with Crippen LogP contribution in [0.15, 0.2) is 0 Å². The molecule has 3 unspecified atom stereocenters. The van der Waals surface area contributed by atoms with Crippen LogP contribution >= 0.6 is 0 Å². The van der Waals surface area contributed by atoms with Crippen molar-refractivity contribution in [2.45, 2.75) is 57.6 Å². The van der Waals surface area contributed by atoms with Crippen LogP contribution in [0.5, 0.6) is 0 Å². The molecule has 0 saturated carbocycles. The third-order valence-electron chi connectivity index (χ3n) is 3.63. The van der Waals surface area contributed by atoms with Crippen LogP contribution in [0.4, 0.5) is 0 Å². The fraction of sp³-hybridized carbons (Fsp3) is 1.00. The van der Waals surface area contributed by atoms with E-state index in [0.29, 0.717) is 25.2 Å². The molecule has 16 heavy (non-hydrogen) atoms. The Morgan fingerprint density at radius 2 is 2.25 bits per heavy atom. The summed E-state index contributed by atoms with van der Waals surface area (Å²) in [5.41, 5.74) is 5.56. The highest BCUT2D eigenvalue weighted by Crippen LogP contribution is 2.26. The van der Waals surface area contributed by atoms with Gasteiger partial charge < -0.3 is 15.2 Å². The van der Waals surface area contributed by atoms with Gasteiger partial charge in [-0.15, -0.1) is 0 Å². The molecular weight excluding hydrogens is 204 g/mol. The molecule has 0 aromatic rings. The summed E-state index contributed by atoms with van der Waals surface area (Å²) in [7, 11) is 0. The van der Waals surface area contributed by atoms with Crippen molar-refractivity contribution in [2.24, 2.45) is 5.73 Å². The van der Waals surface area contributed by atoms with Crippen molar-refractivity contribution >= 4 is 0 Å². The number of nitrogens with zero attached hydrogens (tertiary/aromatic N) is 1. The SMILES string of the molecule is CC(C)N1CCCC1CC1OCC(CN)O1. The van der Waals surface area contributed by atoms with Gasteiger partial charge in [-0.1, -0.05) is 0 Å². The van der Waals surface area contributed by atoms with Crippen LogP contribution in [0.25, 0.3) is 0 Å². The van der Waals surface area contributed by atoms with Crippen LogP contribution < -0.4 is 5.73 Å². The topological polar surface area (TPSA) is 47.7 Å². The van der Waals surface area contributed by atoms with Crippen molar-refractivity contribution in [3.05, 3.63) is 0 Å². The Morgan fingerprint density at radius 1 is 1.44 bits per heavy atom. The van der Waals surface area contributed by atoms with Gasteiger partial charge in [0.1, 0.15) is 0 Å². The average Bonchev–Trinajstić information content (AvgIpc) is 2.87. The minimum Gasteiger partial charge on any atom is -0.350 e. The summed E-state index contributed by atoms with van der Waals surface area (Å²) in [6, 6.07) is 1.25. The number of rotatable bonds is 4. The first kappa shape index (κ1) is 12.3. The largest absolute Gasteiger partial charge is 0.350 e. The molecule has 0 radical (unpaired) electrons. The van der Waals surface area contributed by atoms with Crippen LogP contribution in [-0.2, 0) is 9.47 Å². The lowest BCUT2D eigenvalue weighted by Gasteiger charge is -2.29. The summed E-state index contributed by atoms with van der Waals surface area (Å²) in [4.78, 5) is 2.56. The van der Waals surface area contributed by atoms with Crippen LogP contribution in [0.1, 0.15) is 33.1 Å². The zero-order valence-electron chi connectivity index (χ0n) is 10.4. The second-order valence-electron chi connectivity index (χ2n) is 5.12. The van der Waals surface area contributed by atoms with Crippen LogP contribution in [0.3, 0.4) is 0 Å². The Labute approximate surface area is 98.1 Å². The van der Waals surface area contributed by atoms with E-state index in [1.54, 1.807) is 0 Å². The number of hydrogen-bond donors (Lipinski definition) is 1. The monoisotopic (exact) mass is 228 g/mol. The van der Waals surface area contributed by atoms with Gasteiger partial charge in [-0.25, -0.2) is 0 Å². The summed E-state index contributed by atoms with van der Waals surface area (Å²) in [5, 5.41) is 0. The first-order chi connectivity index (χ1) is 7.70. The smallest absolute Gasteiger partial charge is 0.159 e.